The van der Waals surface area contributed by atoms with E-state index in [0.717, 1.165) is 38.5 Å². The fourth-order valence-corrected chi connectivity index (χ4v) is 19.0. The normalized spacial score (nSPS) is 34.2. The van der Waals surface area contributed by atoms with Gasteiger partial charge in [0.05, 0.1) is 39.6 Å². The summed E-state index contributed by atoms with van der Waals surface area (Å²) >= 11 is 0. The Morgan fingerprint density at radius 3 is 0.681 bits per heavy atom. The number of aliphatic hydroxyl groups is 5. The first-order valence-corrected chi connectivity index (χ1v) is 55.4. The zero-order chi connectivity index (χ0) is 103. The van der Waals surface area contributed by atoms with Gasteiger partial charge in [-0.15, -0.1) is 0 Å². The number of hydrogen-bond acceptors (Lipinski definition) is 59. The van der Waals surface area contributed by atoms with Crippen molar-refractivity contribution in [2.75, 3.05) is 46.2 Å². The summed E-state index contributed by atoms with van der Waals surface area (Å²) < 4.78 is 611. The quantitative estimate of drug-likeness (QED) is 0.0199. The van der Waals surface area contributed by atoms with Gasteiger partial charge in [0.15, 0.2) is 56.1 Å². The third-order valence-electron chi connectivity index (χ3n) is 18.1. The van der Waals surface area contributed by atoms with Crippen molar-refractivity contribution in [1.29, 1.82) is 0 Å². The molecule has 0 aliphatic carbocycles. The Labute approximate surface area is 765 Å². The second kappa shape index (κ2) is 48.7. The molecule has 6 rings (SSSR count). The van der Waals surface area contributed by atoms with Crippen LogP contribution < -0.4 is 0 Å². The standard InChI is InChI=1S/C48H86O73S14/c1-2-3-4-5-6-7-8-9-10-11-12-96-46-39(118-132(84,85)86)25(49)30(19(106-46)13-97-122(54,55)56)109-43-27(51)36(115-129(75,76)77)32(21(103-43)15-99-124(60,61)62)111-44-28(52)37(116-130(78,79)80)33(22(104-44)16-100-125(63,64)65)113-47-40(119-133(87,88)89)26(50)31(20(107-47)14-98-123(57,58)59)110-48-42(121-135(93,94)95)41(120-134(90,91)92)34(23(108-48)17-101-126(66,67)68)112-45-29(53)38(117-131(81,82)83)35(114-128(72,73)74)24(105-45)18-102-127(69,70)71/h19-53H,2-18H2,1H3,(H,54,55,56)(H,57,58,59)(H,60,61,62)(H,63,64,65)(H,66,67,68)(H,69,70,71)(H,72,73,74)(H,75,76,77)(H,78,79,80)(H,81,82,83)(H,84,85,86)(H,87,88,89)(H,90,91,92)(H,93,94,95). The molecular weight excluding hydrogens is 2190 g/mol. The first-order chi connectivity index (χ1) is 61.1. The Balaban J connectivity index is 1.49. The van der Waals surface area contributed by atoms with Gasteiger partial charge in [0.25, 0.3) is 0 Å². The van der Waals surface area contributed by atoms with E-state index >= 15 is 0 Å². The van der Waals surface area contributed by atoms with Crippen LogP contribution in [0.25, 0.3) is 0 Å². The van der Waals surface area contributed by atoms with Crippen LogP contribution in [0.2, 0.25) is 0 Å². The van der Waals surface area contributed by atoms with Gasteiger partial charge in [0, 0.05) is 6.61 Å². The Kier molecular flexibility index (Phi) is 43.7. The first-order valence-electron chi connectivity index (χ1n) is 36.3. The van der Waals surface area contributed by atoms with Crippen molar-refractivity contribution in [3.8, 4) is 0 Å². The predicted octanol–water partition coefficient (Wildman–Crippen LogP) is -11.6. The molecular formula is C48H86O73S14. The van der Waals surface area contributed by atoms with Gasteiger partial charge in [0.2, 0.25) is 0 Å². The third-order valence-corrected chi connectivity index (χ3v) is 24.4. The van der Waals surface area contributed by atoms with E-state index in [1.807, 2.05) is 6.92 Å². The molecule has 0 aromatic heterocycles. The number of aliphatic hydroxyl groups excluding tert-OH is 5. The maximum Gasteiger partial charge on any atom is 0.397 e. The molecule has 0 radical (unpaired) electrons. The summed E-state index contributed by atoms with van der Waals surface area (Å²) in [5, 5.41) is 59.8. The van der Waals surface area contributed by atoms with Crippen LogP contribution in [0.3, 0.4) is 0 Å². The van der Waals surface area contributed by atoms with E-state index in [0.29, 0.717) is 19.3 Å². The molecule has 30 unspecified atom stereocenters. The fourth-order valence-electron chi connectivity index (χ4n) is 13.1. The molecule has 0 saturated carbocycles. The number of ether oxygens (including phenoxy) is 12. The third kappa shape index (κ3) is 43.0. The summed E-state index contributed by atoms with van der Waals surface area (Å²) in [6.07, 6.45) is -91.2. The lowest BCUT2D eigenvalue weighted by molar-refractivity contribution is -0.390. The van der Waals surface area contributed by atoms with Gasteiger partial charge < -0.3 is 82.4 Å². The maximum absolute atomic E-state index is 12.9. The van der Waals surface area contributed by atoms with Crippen molar-refractivity contribution in [2.24, 2.45) is 0 Å². The van der Waals surface area contributed by atoms with Crippen LogP contribution >= 0.6 is 0 Å². The molecule has 135 heavy (non-hydrogen) atoms. The van der Waals surface area contributed by atoms with Gasteiger partial charge in [0.1, 0.15) is 128 Å². The van der Waals surface area contributed by atoms with Crippen molar-refractivity contribution in [1.82, 2.24) is 0 Å². The van der Waals surface area contributed by atoms with E-state index in [1.54, 1.807) is 0 Å². The molecule has 6 aliphatic heterocycles. The molecule has 6 fully saturated rings. The van der Waals surface area contributed by atoms with E-state index in [-0.39, 0.29) is 6.42 Å². The van der Waals surface area contributed by atoms with E-state index in [9.17, 15) is 207 Å². The van der Waals surface area contributed by atoms with Crippen molar-refractivity contribution >= 4 is 146 Å². The highest BCUT2D eigenvalue weighted by Crippen LogP contribution is 2.43. The van der Waals surface area contributed by atoms with Gasteiger partial charge in [-0.25, -0.2) is 58.6 Å². The van der Waals surface area contributed by atoms with Crippen molar-refractivity contribution in [3.63, 3.8) is 0 Å². The average Bonchev–Trinajstić information content (AvgIpc) is 0.755. The SMILES string of the molecule is CCCCCCCCCCCCOC1OC(COS(=O)(=O)O)C(OC2OC(COS(=O)(=O)O)C(OC3OC(COS(=O)(=O)O)C(OC4OC(COS(=O)(=O)O)C(OC5OC(COS(=O)(=O)O)C(OC6OC(COS(=O)(=O)O)C(OS(=O)(=O)O)C(OS(=O)(=O)O)C6O)C(OS(=O)(=O)O)C5OS(=O)(=O)O)C(O)C4OS(=O)(=O)O)C(OS(=O)(=O)O)C3O)C(OS(=O)(=O)O)C2O)C(O)C1OS(=O)(=O)O. The minimum absolute atomic E-state index is 0.0952. The van der Waals surface area contributed by atoms with Gasteiger partial charge in [-0.2, -0.15) is 118 Å². The van der Waals surface area contributed by atoms with Gasteiger partial charge in [-0.3, -0.25) is 63.7 Å². The highest BCUT2D eigenvalue weighted by molar-refractivity contribution is 7.83. The zero-order valence-corrected chi connectivity index (χ0v) is 78.0. The number of rotatable bonds is 56. The van der Waals surface area contributed by atoms with Crippen molar-refractivity contribution in [2.45, 2.75) is 255 Å². The molecule has 6 aliphatic rings. The van der Waals surface area contributed by atoms with Crippen LogP contribution in [0.1, 0.15) is 71.1 Å². The monoisotopic (exact) mass is 2280 g/mol. The second-order valence-corrected chi connectivity index (χ2v) is 42.9. The van der Waals surface area contributed by atoms with Gasteiger partial charge >= 0.3 is 146 Å². The lowest BCUT2D eigenvalue weighted by atomic mass is 9.95. The van der Waals surface area contributed by atoms with Crippen LogP contribution in [0.4, 0.5) is 0 Å². The lowest BCUT2D eigenvalue weighted by Crippen LogP contribution is -2.69. The van der Waals surface area contributed by atoms with E-state index < -0.39 is 376 Å². The molecule has 19 N–H and O–H groups in total. The molecule has 73 nitrogen and oxygen atoms in total. The van der Waals surface area contributed by atoms with Crippen LogP contribution in [0.5, 0.6) is 0 Å². The van der Waals surface area contributed by atoms with Crippen LogP contribution in [-0.4, -0.2) is 438 Å². The molecule has 6 heterocycles. The highest BCUT2D eigenvalue weighted by Gasteiger charge is 2.63. The summed E-state index contributed by atoms with van der Waals surface area (Å²) in [7, 11) is -87.5. The van der Waals surface area contributed by atoms with Crippen molar-refractivity contribution < 1.29 is 323 Å². The minimum Gasteiger partial charge on any atom is -0.387 e. The minimum atomic E-state index is -6.67. The Morgan fingerprint density at radius 2 is 0.385 bits per heavy atom. The number of unbranched alkanes of at least 4 members (excludes halogenated alkanes) is 9. The Hall–Kier alpha value is -2.50. The molecule has 0 aromatic rings. The molecule has 0 bridgehead atoms. The van der Waals surface area contributed by atoms with Crippen LogP contribution in [0, 0.1) is 0 Å². The summed E-state index contributed by atoms with van der Waals surface area (Å²) in [4.78, 5) is 0. The molecule has 0 spiro atoms. The van der Waals surface area contributed by atoms with Gasteiger partial charge in [-0.1, -0.05) is 64.7 Å². The topological polar surface area (TPSA) is 1100 Å². The van der Waals surface area contributed by atoms with Crippen LogP contribution in [-0.2, 0) is 261 Å². The zero-order valence-electron chi connectivity index (χ0n) is 66.6. The summed E-state index contributed by atoms with van der Waals surface area (Å²) in [5.74, 6) is 0. The summed E-state index contributed by atoms with van der Waals surface area (Å²) in [6, 6.07) is 0. The van der Waals surface area contributed by atoms with Crippen LogP contribution in [0.15, 0.2) is 0 Å². The molecule has 800 valence electrons. The summed E-state index contributed by atoms with van der Waals surface area (Å²) in [5.41, 5.74) is 0. The Morgan fingerprint density at radius 1 is 0.193 bits per heavy atom. The smallest absolute Gasteiger partial charge is 0.387 e. The maximum atomic E-state index is 12.9. The fraction of sp³-hybridized carbons (Fsp3) is 1.00. The van der Waals surface area contributed by atoms with Crippen molar-refractivity contribution in [3.05, 3.63) is 0 Å². The van der Waals surface area contributed by atoms with Gasteiger partial charge in [-0.05, 0) is 6.42 Å². The average molecular weight is 2280 g/mol. The van der Waals surface area contributed by atoms with E-state index in [2.05, 4.69) is 58.6 Å². The summed E-state index contributed by atoms with van der Waals surface area (Å²) in [6.45, 7) is -11.0. The lowest BCUT2D eigenvalue weighted by Gasteiger charge is -2.51. The van der Waals surface area contributed by atoms with E-state index in [4.69, 9.17) is 56.8 Å². The molecule has 87 heteroatoms. The predicted molar refractivity (Wildman–Crippen MR) is 401 cm³/mol. The van der Waals surface area contributed by atoms with E-state index in [1.165, 1.54) is 0 Å². The molecule has 0 aromatic carbocycles. The Bertz CT molecular complexity index is 5590. The molecule has 0 amide bonds. The largest absolute Gasteiger partial charge is 0.397 e. The first kappa shape index (κ1) is 121. The second-order valence-electron chi connectivity index (χ2n) is 27.9. The highest BCUT2D eigenvalue weighted by atomic mass is 32.3. The molecule has 30 atom stereocenters. The number of hydrogen-bond donors (Lipinski definition) is 19. The molecule has 6 saturated heterocycles.